The van der Waals surface area contributed by atoms with Crippen LogP contribution in [0.4, 0.5) is 13.2 Å². The minimum atomic E-state index is -4.30. The Hall–Kier alpha value is -1.50. The summed E-state index contributed by atoms with van der Waals surface area (Å²) >= 11 is 6.19. The highest BCUT2D eigenvalue weighted by Gasteiger charge is 2.38. The number of carbonyl (C=O) groups excluding carboxylic acids is 1. The molecule has 0 radical (unpaired) electrons. The molecule has 1 amide bonds. The first-order chi connectivity index (χ1) is 10.8. The molecule has 2 rings (SSSR count). The van der Waals surface area contributed by atoms with E-state index >= 15 is 0 Å². The largest absolute Gasteiger partial charge is 0.390 e. The number of fused-ring (bicyclic) bond motifs is 1. The molecule has 1 saturated heterocycles. The van der Waals surface area contributed by atoms with E-state index < -0.39 is 18.6 Å². The molecule has 0 aromatic rings. The molecule has 0 saturated carbocycles. The Morgan fingerprint density at radius 2 is 2.13 bits per heavy atom. The fourth-order valence-corrected chi connectivity index (χ4v) is 2.96. The molecule has 8 heteroatoms. The third-order valence-corrected chi connectivity index (χ3v) is 4.30. The maximum absolute atomic E-state index is 12.6. The number of allylic oxidation sites excluding steroid dienone is 2. The molecule has 1 fully saturated rings. The summed E-state index contributed by atoms with van der Waals surface area (Å²) in [6, 6.07) is -0.680. The van der Waals surface area contributed by atoms with Gasteiger partial charge in [0.1, 0.15) is 11.2 Å². The molecule has 23 heavy (non-hydrogen) atoms. The number of carbonyl (C=O) groups is 1. The van der Waals surface area contributed by atoms with Gasteiger partial charge in [0.05, 0.1) is 12.1 Å². The topological polar surface area (TPSA) is 44.7 Å². The van der Waals surface area contributed by atoms with Crippen LogP contribution in [-0.2, 0) is 4.79 Å². The van der Waals surface area contributed by atoms with Gasteiger partial charge in [0.2, 0.25) is 5.91 Å². The first-order valence-corrected chi connectivity index (χ1v) is 7.95. The second-order valence-corrected chi connectivity index (χ2v) is 5.84. The highest BCUT2D eigenvalue weighted by Crippen LogP contribution is 2.28. The maximum atomic E-state index is 12.6. The molecular weight excluding hydrogens is 331 g/mol. The van der Waals surface area contributed by atoms with Crippen LogP contribution in [0.3, 0.4) is 0 Å². The minimum absolute atomic E-state index is 0.289. The zero-order valence-electron chi connectivity index (χ0n) is 13.0. The van der Waals surface area contributed by atoms with Gasteiger partial charge in [0, 0.05) is 6.54 Å². The minimum Gasteiger partial charge on any atom is -0.342 e. The summed E-state index contributed by atoms with van der Waals surface area (Å²) in [7, 11) is 0. The average molecular weight is 350 g/mol. The second-order valence-electron chi connectivity index (χ2n) is 5.48. The lowest BCUT2D eigenvalue weighted by atomic mass is 10.1. The normalized spacial score (nSPS) is 22.3. The summed E-state index contributed by atoms with van der Waals surface area (Å²) < 4.78 is 37.9. The highest BCUT2D eigenvalue weighted by molar-refractivity contribution is 6.31. The van der Waals surface area contributed by atoms with Gasteiger partial charge in [-0.05, 0) is 24.8 Å². The number of nitrogens with zero attached hydrogens (tertiary/aromatic N) is 2. The Kier molecular flexibility index (Phi) is 5.39. The Bertz CT molecular complexity index is 581. The summed E-state index contributed by atoms with van der Waals surface area (Å²) in [5.74, 6) is 0.00472. The summed E-state index contributed by atoms with van der Waals surface area (Å²) in [5.41, 5.74) is 1.32. The molecule has 0 aromatic carbocycles. The van der Waals surface area contributed by atoms with Gasteiger partial charge >= 0.3 is 6.18 Å². The second kappa shape index (κ2) is 6.95. The van der Waals surface area contributed by atoms with E-state index in [-0.39, 0.29) is 17.6 Å². The van der Waals surface area contributed by atoms with Gasteiger partial charge in [0.15, 0.2) is 5.84 Å². The highest BCUT2D eigenvalue weighted by atomic mass is 35.5. The number of piperazine rings is 1. The Labute approximate surface area is 138 Å². The van der Waals surface area contributed by atoms with E-state index in [4.69, 9.17) is 11.6 Å². The standard InChI is InChI=1S/C15H19ClF3N3O/c1-3-9-5-6-10-13(21-12(9)16)22(8-7-15(17,18)19)11(4-2)14(23)20-10/h6,11H,3-5,7-8H2,1-2H3,(H,20,23). The Balaban J connectivity index is 2.39. The van der Waals surface area contributed by atoms with E-state index in [1.165, 1.54) is 4.90 Å². The van der Waals surface area contributed by atoms with Gasteiger partial charge in [-0.2, -0.15) is 13.2 Å². The number of halogens is 4. The van der Waals surface area contributed by atoms with Gasteiger partial charge in [-0.25, -0.2) is 4.99 Å². The van der Waals surface area contributed by atoms with Crippen LogP contribution in [0.2, 0.25) is 0 Å². The van der Waals surface area contributed by atoms with Crippen LogP contribution in [0.15, 0.2) is 27.5 Å². The summed E-state index contributed by atoms with van der Waals surface area (Å²) in [6.07, 6.45) is -1.95. The predicted octanol–water partition coefficient (Wildman–Crippen LogP) is 3.70. The molecule has 128 valence electrons. The van der Waals surface area contributed by atoms with Crippen molar-refractivity contribution < 1.29 is 18.0 Å². The van der Waals surface area contributed by atoms with Crippen molar-refractivity contribution in [1.82, 2.24) is 10.2 Å². The van der Waals surface area contributed by atoms with Crippen molar-refractivity contribution in [1.29, 1.82) is 0 Å². The quantitative estimate of drug-likeness (QED) is 0.787. The molecule has 1 unspecified atom stereocenters. The van der Waals surface area contributed by atoms with Crippen molar-refractivity contribution in [2.75, 3.05) is 6.54 Å². The van der Waals surface area contributed by atoms with Crippen molar-refractivity contribution in [2.24, 2.45) is 4.99 Å². The molecule has 4 nitrogen and oxygen atoms in total. The molecule has 1 atom stereocenters. The van der Waals surface area contributed by atoms with E-state index in [2.05, 4.69) is 10.3 Å². The van der Waals surface area contributed by atoms with Gasteiger partial charge < -0.3 is 10.2 Å². The molecule has 0 aromatic heterocycles. The van der Waals surface area contributed by atoms with Crippen LogP contribution in [0.5, 0.6) is 0 Å². The number of amides is 1. The monoisotopic (exact) mass is 349 g/mol. The van der Waals surface area contributed by atoms with Gasteiger partial charge in [-0.15, -0.1) is 0 Å². The first-order valence-electron chi connectivity index (χ1n) is 7.57. The Morgan fingerprint density at radius 3 is 2.70 bits per heavy atom. The lowest BCUT2D eigenvalue weighted by Gasteiger charge is -2.38. The van der Waals surface area contributed by atoms with Gasteiger partial charge in [-0.3, -0.25) is 4.79 Å². The van der Waals surface area contributed by atoms with Crippen LogP contribution in [-0.4, -0.2) is 35.4 Å². The Morgan fingerprint density at radius 1 is 1.43 bits per heavy atom. The van der Waals surface area contributed by atoms with Crippen LogP contribution in [0.25, 0.3) is 0 Å². The van der Waals surface area contributed by atoms with Crippen LogP contribution in [0.1, 0.15) is 39.5 Å². The van der Waals surface area contributed by atoms with Crippen molar-refractivity contribution in [2.45, 2.75) is 51.7 Å². The molecule has 1 N–H and O–H groups in total. The lowest BCUT2D eigenvalue weighted by molar-refractivity contribution is -0.140. The lowest BCUT2D eigenvalue weighted by Crippen LogP contribution is -2.57. The zero-order chi connectivity index (χ0) is 17.2. The van der Waals surface area contributed by atoms with Crippen molar-refractivity contribution in [3.63, 3.8) is 0 Å². The van der Waals surface area contributed by atoms with Crippen molar-refractivity contribution in [3.8, 4) is 0 Å². The zero-order valence-corrected chi connectivity index (χ0v) is 13.8. The SMILES string of the molecule is CCC1=C(Cl)N=C2C(=CC1)NC(=O)C(CC)N2CCC(F)(F)F. The predicted molar refractivity (Wildman–Crippen MR) is 82.9 cm³/mol. The molecular formula is C15H19ClF3N3O. The van der Waals surface area contributed by atoms with Crippen LogP contribution in [0, 0.1) is 0 Å². The van der Waals surface area contributed by atoms with Crippen LogP contribution >= 0.6 is 11.6 Å². The third-order valence-electron chi connectivity index (χ3n) is 3.95. The van der Waals surface area contributed by atoms with Gasteiger partial charge in [0.25, 0.3) is 0 Å². The number of hydrogen-bond donors (Lipinski definition) is 1. The van der Waals surface area contributed by atoms with E-state index in [0.717, 1.165) is 5.57 Å². The summed E-state index contributed by atoms with van der Waals surface area (Å²) in [6.45, 7) is 3.36. The molecule has 2 aliphatic heterocycles. The van der Waals surface area contributed by atoms with E-state index in [1.807, 2.05) is 6.92 Å². The first kappa shape index (κ1) is 17.8. The molecule has 2 heterocycles. The number of aliphatic imine (C=N–C) groups is 1. The summed E-state index contributed by atoms with van der Waals surface area (Å²) in [5, 5.41) is 3.02. The van der Waals surface area contributed by atoms with Crippen molar-refractivity contribution in [3.05, 3.63) is 22.5 Å². The maximum Gasteiger partial charge on any atom is 0.390 e. The van der Waals surface area contributed by atoms with Gasteiger partial charge in [-0.1, -0.05) is 31.5 Å². The fourth-order valence-electron chi connectivity index (χ4n) is 2.67. The molecule has 0 bridgehead atoms. The van der Waals surface area contributed by atoms with E-state index in [0.29, 0.717) is 30.8 Å². The van der Waals surface area contributed by atoms with E-state index in [1.54, 1.807) is 13.0 Å². The fraction of sp³-hybridized carbons (Fsp3) is 0.600. The molecule has 2 aliphatic rings. The number of amidine groups is 1. The molecule has 0 aliphatic carbocycles. The van der Waals surface area contributed by atoms with Crippen LogP contribution < -0.4 is 5.32 Å². The number of alkyl halides is 3. The molecule has 0 spiro atoms. The number of rotatable bonds is 4. The number of nitrogens with one attached hydrogen (secondary N) is 1. The third kappa shape index (κ3) is 4.07. The number of hydrogen-bond acceptors (Lipinski definition) is 3. The van der Waals surface area contributed by atoms with E-state index in [9.17, 15) is 18.0 Å². The summed E-state index contributed by atoms with van der Waals surface area (Å²) in [4.78, 5) is 17.9. The van der Waals surface area contributed by atoms with Crippen molar-refractivity contribution >= 4 is 23.3 Å². The average Bonchev–Trinajstić information content (AvgIpc) is 2.62. The smallest absolute Gasteiger partial charge is 0.342 e.